The lowest BCUT2D eigenvalue weighted by Crippen LogP contribution is -2.32. The molecule has 38 heavy (non-hydrogen) atoms. The highest BCUT2D eigenvalue weighted by Crippen LogP contribution is 2.39. The number of thiophene rings is 1. The smallest absolute Gasteiger partial charge is 0.343 e. The van der Waals surface area contributed by atoms with Crippen LogP contribution in [0.5, 0.6) is 11.5 Å². The van der Waals surface area contributed by atoms with Gasteiger partial charge in [-0.3, -0.25) is 9.59 Å². The molecule has 1 aromatic heterocycles. The molecule has 0 fully saturated rings. The highest BCUT2D eigenvalue weighted by molar-refractivity contribution is 7.17. The van der Waals surface area contributed by atoms with Crippen LogP contribution in [0.3, 0.4) is 0 Å². The van der Waals surface area contributed by atoms with E-state index in [1.54, 1.807) is 55.5 Å². The van der Waals surface area contributed by atoms with Crippen molar-refractivity contribution in [1.29, 1.82) is 0 Å². The van der Waals surface area contributed by atoms with Gasteiger partial charge in [-0.1, -0.05) is 0 Å². The Morgan fingerprint density at radius 3 is 2.34 bits per heavy atom. The number of hydrogen-bond donors (Lipinski definition) is 2. The van der Waals surface area contributed by atoms with Gasteiger partial charge < -0.3 is 19.5 Å². The Hall–Kier alpha value is -4.51. The van der Waals surface area contributed by atoms with Gasteiger partial charge in [0.1, 0.15) is 16.5 Å². The van der Waals surface area contributed by atoms with Crippen LogP contribution in [0.4, 0.5) is 5.00 Å². The average Bonchev–Trinajstić information content (AvgIpc) is 3.50. The number of methoxy groups -OCH3 is 1. The molecule has 1 aliphatic carbocycles. The summed E-state index contributed by atoms with van der Waals surface area (Å²) in [6.07, 6.45) is 3.82. The predicted molar refractivity (Wildman–Crippen MR) is 141 cm³/mol. The Morgan fingerprint density at radius 2 is 1.66 bits per heavy atom. The first kappa shape index (κ1) is 26.6. The van der Waals surface area contributed by atoms with E-state index >= 15 is 0 Å². The first-order valence-electron chi connectivity index (χ1n) is 11.8. The molecule has 0 bridgehead atoms. The maximum atomic E-state index is 12.4. The van der Waals surface area contributed by atoms with Crippen molar-refractivity contribution in [2.45, 2.75) is 26.2 Å². The zero-order valence-electron chi connectivity index (χ0n) is 20.7. The van der Waals surface area contributed by atoms with Crippen LogP contribution in [0, 0.1) is 0 Å². The normalized spacial score (nSPS) is 12.1. The Labute approximate surface area is 222 Å². The number of ether oxygens (including phenoxy) is 3. The third kappa shape index (κ3) is 6.24. The van der Waals surface area contributed by atoms with E-state index in [4.69, 9.17) is 14.2 Å². The summed E-state index contributed by atoms with van der Waals surface area (Å²) in [6.45, 7) is 1.91. The fraction of sp³-hybridized carbons (Fsp3) is 0.222. The zero-order chi connectivity index (χ0) is 27.1. The molecule has 196 valence electrons. The van der Waals surface area contributed by atoms with Crippen LogP contribution in [-0.4, -0.2) is 43.7 Å². The molecule has 1 aliphatic rings. The molecule has 0 saturated heterocycles. The van der Waals surface area contributed by atoms with E-state index in [2.05, 4.69) is 15.8 Å². The second-order valence-electron chi connectivity index (χ2n) is 8.12. The maximum Gasteiger partial charge on any atom is 0.343 e. The van der Waals surface area contributed by atoms with Gasteiger partial charge in [0.15, 0.2) is 0 Å². The number of nitrogens with one attached hydrogen (secondary N) is 2. The lowest BCUT2D eigenvalue weighted by Gasteiger charge is -2.07. The van der Waals surface area contributed by atoms with Crippen molar-refractivity contribution < 1.29 is 33.4 Å². The summed E-state index contributed by atoms with van der Waals surface area (Å²) >= 11 is 1.28. The molecule has 11 heteroatoms. The SMILES string of the molecule is CCOC(=O)c1c(NC(=O)C(=O)NN=Cc2ccc(OC(=O)c3ccc(OC)cc3)cc2)sc2c1CCC2. The molecular weight excluding hydrogens is 510 g/mol. The number of nitrogens with zero attached hydrogens (tertiary/aromatic N) is 1. The fourth-order valence-electron chi connectivity index (χ4n) is 3.80. The van der Waals surface area contributed by atoms with Gasteiger partial charge in [-0.05, 0) is 85.8 Å². The molecule has 0 aliphatic heterocycles. The van der Waals surface area contributed by atoms with E-state index in [0.717, 1.165) is 29.7 Å². The Balaban J connectivity index is 1.31. The Bertz CT molecular complexity index is 1380. The molecule has 0 spiro atoms. The first-order valence-corrected chi connectivity index (χ1v) is 12.6. The molecule has 10 nitrogen and oxygen atoms in total. The third-order valence-electron chi connectivity index (χ3n) is 5.63. The van der Waals surface area contributed by atoms with Crippen molar-refractivity contribution in [3.05, 3.63) is 75.7 Å². The summed E-state index contributed by atoms with van der Waals surface area (Å²) in [5, 5.41) is 6.62. The average molecular weight is 536 g/mol. The van der Waals surface area contributed by atoms with Gasteiger partial charge in [-0.25, -0.2) is 15.0 Å². The minimum Gasteiger partial charge on any atom is -0.497 e. The minimum atomic E-state index is -0.991. The molecular formula is C27H25N3O7S. The number of esters is 2. The molecule has 0 radical (unpaired) electrons. The van der Waals surface area contributed by atoms with Gasteiger partial charge in [0.25, 0.3) is 0 Å². The lowest BCUT2D eigenvalue weighted by atomic mass is 10.1. The standard InChI is InChI=1S/C27H25N3O7S/c1-3-36-27(34)22-20-5-4-6-21(20)38-25(22)29-23(31)24(32)30-28-15-16-7-11-19(12-8-16)37-26(33)17-9-13-18(35-2)14-10-17/h7-15H,3-6H2,1-2H3,(H,29,31)(H,30,32). The highest BCUT2D eigenvalue weighted by Gasteiger charge is 2.29. The number of hydrogen-bond acceptors (Lipinski definition) is 9. The van der Waals surface area contributed by atoms with E-state index < -0.39 is 23.8 Å². The number of benzene rings is 2. The number of hydrazone groups is 1. The molecule has 4 rings (SSSR count). The van der Waals surface area contributed by atoms with E-state index in [-0.39, 0.29) is 6.61 Å². The predicted octanol–water partition coefficient (Wildman–Crippen LogP) is 3.73. The highest BCUT2D eigenvalue weighted by atomic mass is 32.1. The second-order valence-corrected chi connectivity index (χ2v) is 9.23. The summed E-state index contributed by atoms with van der Waals surface area (Å²) in [7, 11) is 1.54. The second kappa shape index (κ2) is 12.2. The van der Waals surface area contributed by atoms with Crippen molar-refractivity contribution in [2.75, 3.05) is 19.0 Å². The maximum absolute atomic E-state index is 12.4. The number of aryl methyl sites for hydroxylation is 1. The van der Waals surface area contributed by atoms with Crippen LogP contribution in [-0.2, 0) is 27.2 Å². The number of fused-ring (bicyclic) bond motifs is 1. The largest absolute Gasteiger partial charge is 0.497 e. The number of rotatable bonds is 8. The summed E-state index contributed by atoms with van der Waals surface area (Å²) in [5.41, 5.74) is 4.33. The topological polar surface area (TPSA) is 132 Å². The molecule has 0 unspecified atom stereocenters. The summed E-state index contributed by atoms with van der Waals surface area (Å²) in [4.78, 5) is 50.4. The van der Waals surface area contributed by atoms with Crippen LogP contribution in [0.25, 0.3) is 0 Å². The molecule has 3 aromatic rings. The quantitative estimate of drug-likeness (QED) is 0.148. The summed E-state index contributed by atoms with van der Waals surface area (Å²) in [6, 6.07) is 12.9. The van der Waals surface area contributed by atoms with Crippen molar-refractivity contribution in [2.24, 2.45) is 5.10 Å². The molecule has 2 amide bonds. The van der Waals surface area contributed by atoms with Crippen LogP contribution in [0.15, 0.2) is 53.6 Å². The molecule has 1 heterocycles. The van der Waals surface area contributed by atoms with Crippen molar-refractivity contribution in [1.82, 2.24) is 5.43 Å². The van der Waals surface area contributed by atoms with Crippen LogP contribution in [0.1, 0.15) is 50.1 Å². The first-order chi connectivity index (χ1) is 18.4. The van der Waals surface area contributed by atoms with Gasteiger partial charge in [0, 0.05) is 4.88 Å². The molecule has 0 atom stereocenters. The van der Waals surface area contributed by atoms with Crippen molar-refractivity contribution in [3.63, 3.8) is 0 Å². The number of anilines is 1. The zero-order valence-corrected chi connectivity index (χ0v) is 21.6. The third-order valence-corrected chi connectivity index (χ3v) is 6.84. The van der Waals surface area contributed by atoms with E-state index in [1.165, 1.54) is 24.7 Å². The van der Waals surface area contributed by atoms with E-state index in [1.807, 2.05) is 0 Å². The Kier molecular flexibility index (Phi) is 8.49. The van der Waals surface area contributed by atoms with Gasteiger partial charge in [-0.15, -0.1) is 11.3 Å². The number of carbonyl (C=O) groups is 4. The number of carbonyl (C=O) groups excluding carboxylic acids is 4. The molecule has 0 saturated carbocycles. The minimum absolute atomic E-state index is 0.206. The van der Waals surface area contributed by atoms with Crippen LogP contribution >= 0.6 is 11.3 Å². The monoisotopic (exact) mass is 535 g/mol. The summed E-state index contributed by atoms with van der Waals surface area (Å²) in [5.74, 6) is -2.02. The van der Waals surface area contributed by atoms with Gasteiger partial charge >= 0.3 is 23.8 Å². The molecule has 2 N–H and O–H groups in total. The lowest BCUT2D eigenvalue weighted by molar-refractivity contribution is -0.136. The fourth-order valence-corrected chi connectivity index (χ4v) is 5.08. The summed E-state index contributed by atoms with van der Waals surface area (Å²) < 4.78 is 15.5. The van der Waals surface area contributed by atoms with Crippen LogP contribution < -0.4 is 20.2 Å². The number of amides is 2. The Morgan fingerprint density at radius 1 is 0.947 bits per heavy atom. The van der Waals surface area contributed by atoms with Gasteiger partial charge in [0.2, 0.25) is 0 Å². The van der Waals surface area contributed by atoms with E-state index in [9.17, 15) is 19.2 Å². The van der Waals surface area contributed by atoms with Crippen molar-refractivity contribution >= 4 is 46.3 Å². The van der Waals surface area contributed by atoms with Crippen LogP contribution in [0.2, 0.25) is 0 Å². The van der Waals surface area contributed by atoms with Gasteiger partial charge in [-0.2, -0.15) is 5.10 Å². The molecule has 2 aromatic carbocycles. The van der Waals surface area contributed by atoms with Gasteiger partial charge in [0.05, 0.1) is 31.1 Å². The van der Waals surface area contributed by atoms with Crippen molar-refractivity contribution in [3.8, 4) is 11.5 Å². The van der Waals surface area contributed by atoms with E-state index in [0.29, 0.717) is 33.2 Å².